The summed E-state index contributed by atoms with van der Waals surface area (Å²) >= 11 is 0. The molecule has 0 aliphatic rings. The Morgan fingerprint density at radius 3 is 2.62 bits per heavy atom. The van der Waals surface area contributed by atoms with E-state index in [2.05, 4.69) is 5.32 Å². The molecule has 1 aromatic rings. The Balaban J connectivity index is 2.49. The lowest BCUT2D eigenvalue weighted by molar-refractivity contribution is -0.127. The normalized spacial score (nSPS) is 9.94. The van der Waals surface area contributed by atoms with Crippen molar-refractivity contribution in [3.8, 4) is 0 Å². The number of carbonyl (C=O) groups is 2. The quantitative estimate of drug-likeness (QED) is 0.726. The zero-order valence-corrected chi connectivity index (χ0v) is 9.32. The van der Waals surface area contributed by atoms with Crippen LogP contribution in [0.15, 0.2) is 16.5 Å². The van der Waals surface area contributed by atoms with Gasteiger partial charge in [-0.25, -0.2) is 0 Å². The van der Waals surface area contributed by atoms with Gasteiger partial charge in [0.05, 0.1) is 13.1 Å². The SMILES string of the molecule is CN(C)C(=O)CNC(=O)c1ccc(CN)o1. The summed E-state index contributed by atoms with van der Waals surface area (Å²) in [7, 11) is 3.24. The number of likely N-dealkylation sites (N-methyl/N-ethyl adjacent to an activating group) is 1. The monoisotopic (exact) mass is 225 g/mol. The van der Waals surface area contributed by atoms with Crippen molar-refractivity contribution < 1.29 is 14.0 Å². The van der Waals surface area contributed by atoms with Crippen LogP contribution in [0.2, 0.25) is 0 Å². The third kappa shape index (κ3) is 3.09. The van der Waals surface area contributed by atoms with Gasteiger partial charge in [-0.3, -0.25) is 9.59 Å². The van der Waals surface area contributed by atoms with Crippen molar-refractivity contribution in [2.45, 2.75) is 6.54 Å². The van der Waals surface area contributed by atoms with Gasteiger partial charge in [0.25, 0.3) is 5.91 Å². The van der Waals surface area contributed by atoms with E-state index in [1.54, 1.807) is 20.2 Å². The Morgan fingerprint density at radius 1 is 1.44 bits per heavy atom. The summed E-state index contributed by atoms with van der Waals surface area (Å²) in [5.41, 5.74) is 5.34. The van der Waals surface area contributed by atoms with Crippen molar-refractivity contribution in [1.29, 1.82) is 0 Å². The first-order valence-electron chi connectivity index (χ1n) is 4.81. The number of nitrogens with two attached hydrogens (primary N) is 1. The molecule has 0 radical (unpaired) electrons. The number of furan rings is 1. The van der Waals surface area contributed by atoms with E-state index in [0.717, 1.165) is 0 Å². The van der Waals surface area contributed by atoms with Crippen molar-refractivity contribution in [3.05, 3.63) is 23.7 Å². The van der Waals surface area contributed by atoms with Gasteiger partial charge in [-0.2, -0.15) is 0 Å². The third-order valence-corrected chi connectivity index (χ3v) is 1.99. The summed E-state index contributed by atoms with van der Waals surface area (Å²) in [5.74, 6) is 0.0879. The molecule has 0 bridgehead atoms. The maximum absolute atomic E-state index is 11.5. The van der Waals surface area contributed by atoms with Gasteiger partial charge in [0, 0.05) is 14.1 Å². The van der Waals surface area contributed by atoms with E-state index >= 15 is 0 Å². The van der Waals surface area contributed by atoms with Crippen molar-refractivity contribution in [2.75, 3.05) is 20.6 Å². The molecule has 0 fully saturated rings. The van der Waals surface area contributed by atoms with Crippen LogP contribution < -0.4 is 11.1 Å². The van der Waals surface area contributed by atoms with Gasteiger partial charge < -0.3 is 20.4 Å². The molecule has 0 spiro atoms. The number of hydrogen-bond acceptors (Lipinski definition) is 4. The molecule has 0 unspecified atom stereocenters. The predicted molar refractivity (Wildman–Crippen MR) is 57.6 cm³/mol. The highest BCUT2D eigenvalue weighted by Gasteiger charge is 2.12. The molecule has 0 saturated carbocycles. The van der Waals surface area contributed by atoms with Crippen LogP contribution in [-0.2, 0) is 11.3 Å². The second kappa shape index (κ2) is 5.32. The van der Waals surface area contributed by atoms with Crippen LogP contribution in [0.25, 0.3) is 0 Å². The molecule has 88 valence electrons. The summed E-state index contributed by atoms with van der Waals surface area (Å²) < 4.78 is 5.13. The van der Waals surface area contributed by atoms with Gasteiger partial charge in [-0.05, 0) is 12.1 Å². The summed E-state index contributed by atoms with van der Waals surface area (Å²) in [6, 6.07) is 3.15. The first-order chi connectivity index (χ1) is 7.54. The zero-order chi connectivity index (χ0) is 12.1. The van der Waals surface area contributed by atoms with E-state index in [0.29, 0.717) is 5.76 Å². The lowest BCUT2D eigenvalue weighted by Gasteiger charge is -2.09. The maximum Gasteiger partial charge on any atom is 0.287 e. The molecule has 0 saturated heterocycles. The Bertz CT molecular complexity index is 384. The Hall–Kier alpha value is -1.82. The first-order valence-corrected chi connectivity index (χ1v) is 4.81. The van der Waals surface area contributed by atoms with E-state index in [1.165, 1.54) is 11.0 Å². The number of rotatable bonds is 4. The number of carbonyl (C=O) groups excluding carboxylic acids is 2. The molecular formula is C10H15N3O3. The number of nitrogens with zero attached hydrogens (tertiary/aromatic N) is 1. The molecule has 3 N–H and O–H groups in total. The lowest BCUT2D eigenvalue weighted by Crippen LogP contribution is -2.36. The number of hydrogen-bond donors (Lipinski definition) is 2. The third-order valence-electron chi connectivity index (χ3n) is 1.99. The molecule has 6 nitrogen and oxygen atoms in total. The molecule has 6 heteroatoms. The summed E-state index contributed by atoms with van der Waals surface area (Å²) in [4.78, 5) is 24.1. The van der Waals surface area contributed by atoms with Crippen LogP contribution in [0.1, 0.15) is 16.3 Å². The van der Waals surface area contributed by atoms with Crippen molar-refractivity contribution in [1.82, 2.24) is 10.2 Å². The average molecular weight is 225 g/mol. The van der Waals surface area contributed by atoms with Crippen LogP contribution in [0.4, 0.5) is 0 Å². The highest BCUT2D eigenvalue weighted by atomic mass is 16.4. The molecular weight excluding hydrogens is 210 g/mol. The van der Waals surface area contributed by atoms with Gasteiger partial charge in [-0.15, -0.1) is 0 Å². The summed E-state index contributed by atoms with van der Waals surface area (Å²) in [6.45, 7) is 0.189. The molecule has 0 atom stereocenters. The lowest BCUT2D eigenvalue weighted by atomic mass is 10.4. The van der Waals surface area contributed by atoms with E-state index in [-0.39, 0.29) is 24.8 Å². The topological polar surface area (TPSA) is 88.6 Å². The summed E-state index contributed by atoms with van der Waals surface area (Å²) in [6.07, 6.45) is 0. The number of amides is 2. The van der Waals surface area contributed by atoms with Gasteiger partial charge in [0.1, 0.15) is 5.76 Å². The minimum absolute atomic E-state index is 0.0511. The maximum atomic E-state index is 11.5. The van der Waals surface area contributed by atoms with Gasteiger partial charge in [0.2, 0.25) is 5.91 Å². The van der Waals surface area contributed by atoms with E-state index < -0.39 is 5.91 Å². The van der Waals surface area contributed by atoms with Crippen molar-refractivity contribution >= 4 is 11.8 Å². The zero-order valence-electron chi connectivity index (χ0n) is 9.32. The van der Waals surface area contributed by atoms with Crippen LogP contribution in [0.5, 0.6) is 0 Å². The minimum atomic E-state index is -0.421. The molecule has 16 heavy (non-hydrogen) atoms. The molecule has 0 aliphatic heterocycles. The van der Waals surface area contributed by atoms with E-state index in [4.69, 9.17) is 10.2 Å². The Labute approximate surface area is 93.4 Å². The highest BCUT2D eigenvalue weighted by molar-refractivity contribution is 5.94. The van der Waals surface area contributed by atoms with E-state index in [9.17, 15) is 9.59 Å². The van der Waals surface area contributed by atoms with Gasteiger partial charge in [0.15, 0.2) is 5.76 Å². The Kier molecular flexibility index (Phi) is 4.07. The smallest absolute Gasteiger partial charge is 0.287 e. The second-order valence-electron chi connectivity index (χ2n) is 3.44. The second-order valence-corrected chi connectivity index (χ2v) is 3.44. The van der Waals surface area contributed by atoms with Crippen LogP contribution in [-0.4, -0.2) is 37.4 Å². The van der Waals surface area contributed by atoms with Gasteiger partial charge >= 0.3 is 0 Å². The highest BCUT2D eigenvalue weighted by Crippen LogP contribution is 2.06. The first kappa shape index (κ1) is 12.3. The molecule has 1 heterocycles. The average Bonchev–Trinajstić information content (AvgIpc) is 2.73. The standard InChI is InChI=1S/C10H15N3O3/c1-13(2)9(14)6-12-10(15)8-4-3-7(5-11)16-8/h3-4H,5-6,11H2,1-2H3,(H,12,15). The fraction of sp³-hybridized carbons (Fsp3) is 0.400. The number of nitrogens with one attached hydrogen (secondary N) is 1. The van der Waals surface area contributed by atoms with Crippen LogP contribution in [0, 0.1) is 0 Å². The summed E-state index contributed by atoms with van der Waals surface area (Å²) in [5, 5.41) is 2.45. The molecule has 2 amide bonds. The van der Waals surface area contributed by atoms with E-state index in [1.807, 2.05) is 0 Å². The van der Waals surface area contributed by atoms with Crippen molar-refractivity contribution in [3.63, 3.8) is 0 Å². The molecule has 1 rings (SSSR count). The largest absolute Gasteiger partial charge is 0.455 e. The molecule has 0 aliphatic carbocycles. The minimum Gasteiger partial charge on any atom is -0.455 e. The predicted octanol–water partition coefficient (Wildman–Crippen LogP) is -0.444. The molecule has 1 aromatic heterocycles. The van der Waals surface area contributed by atoms with Crippen LogP contribution in [0.3, 0.4) is 0 Å². The van der Waals surface area contributed by atoms with Gasteiger partial charge in [-0.1, -0.05) is 0 Å². The van der Waals surface area contributed by atoms with Crippen LogP contribution >= 0.6 is 0 Å². The fourth-order valence-corrected chi connectivity index (χ4v) is 1.01. The Morgan fingerprint density at radius 2 is 2.12 bits per heavy atom. The van der Waals surface area contributed by atoms with Crippen molar-refractivity contribution in [2.24, 2.45) is 5.73 Å². The fourth-order valence-electron chi connectivity index (χ4n) is 1.01. The molecule has 0 aromatic carbocycles.